The molecular weight excluding hydrogens is 464 g/mol. The van der Waals surface area contributed by atoms with Crippen molar-refractivity contribution in [2.24, 2.45) is 13.0 Å². The fourth-order valence-corrected chi connectivity index (χ4v) is 5.90. The number of pyridine rings is 2. The molecule has 0 amide bonds. The minimum atomic E-state index is -1.07. The third kappa shape index (κ3) is 4.01. The molecule has 1 aliphatic rings. The molecule has 5 aromatic rings. The highest BCUT2D eigenvalue weighted by Gasteiger charge is 2.32. The highest BCUT2D eigenvalue weighted by atomic mass is 16.5. The Kier molecular flexibility index (Phi) is 5.81. The van der Waals surface area contributed by atoms with Crippen LogP contribution in [0.2, 0.25) is 0 Å². The van der Waals surface area contributed by atoms with Crippen LogP contribution in [0.4, 0.5) is 0 Å². The van der Waals surface area contributed by atoms with Gasteiger partial charge in [-0.1, -0.05) is 35.5 Å². The second-order valence-corrected chi connectivity index (χ2v) is 10.6. The van der Waals surface area contributed by atoms with Gasteiger partial charge in [-0.2, -0.15) is 0 Å². The summed E-state index contributed by atoms with van der Waals surface area (Å²) in [5.41, 5.74) is 6.53. The molecule has 0 radical (unpaired) electrons. The maximum atomic E-state index is 11.1. The molecule has 1 saturated heterocycles. The van der Waals surface area contributed by atoms with Gasteiger partial charge in [0.2, 0.25) is 0 Å². The zero-order chi connectivity index (χ0) is 25.7. The van der Waals surface area contributed by atoms with Crippen LogP contribution < -0.4 is 0 Å². The van der Waals surface area contributed by atoms with Crippen molar-refractivity contribution in [3.05, 3.63) is 71.8 Å². The molecule has 1 aromatic carbocycles. The van der Waals surface area contributed by atoms with E-state index in [2.05, 4.69) is 56.3 Å². The number of hydrogen-bond acceptors (Lipinski definition) is 6. The zero-order valence-corrected chi connectivity index (χ0v) is 21.7. The Labute approximate surface area is 215 Å². The Morgan fingerprint density at radius 2 is 1.81 bits per heavy atom. The monoisotopic (exact) mass is 496 g/mol. The standard InChI is InChI=1S/C29H32N6O2/c1-18-27(34(4)33-32-18)21-14-23-26(31-15-21)25-22(29(2,3)36)16-30-17-24(25)35(23)28(19-8-6-5-7-9-19)20-10-12-37-13-11-20/h5-9,14-17,20,28,36H,10-13H2,1-4H3/t28-/m1/s1. The molecule has 0 aliphatic carbocycles. The van der Waals surface area contributed by atoms with Crippen LogP contribution >= 0.6 is 0 Å². The van der Waals surface area contributed by atoms with Gasteiger partial charge in [-0.3, -0.25) is 9.97 Å². The lowest BCUT2D eigenvalue weighted by Crippen LogP contribution is -2.27. The Bertz CT molecular complexity index is 1560. The average molecular weight is 497 g/mol. The highest BCUT2D eigenvalue weighted by Crippen LogP contribution is 2.43. The van der Waals surface area contributed by atoms with Gasteiger partial charge in [0.15, 0.2) is 0 Å². The number of nitrogens with zero attached hydrogens (tertiary/aromatic N) is 6. The van der Waals surface area contributed by atoms with Gasteiger partial charge in [-0.05, 0) is 51.2 Å². The number of ether oxygens (including phenoxy) is 1. The summed E-state index contributed by atoms with van der Waals surface area (Å²) in [5.74, 6) is 0.379. The minimum absolute atomic E-state index is 0.0618. The molecular formula is C29H32N6O2. The molecule has 6 rings (SSSR count). The molecule has 0 saturated carbocycles. The molecule has 1 aliphatic heterocycles. The summed E-state index contributed by atoms with van der Waals surface area (Å²) < 4.78 is 9.94. The predicted molar refractivity (Wildman–Crippen MR) is 143 cm³/mol. The maximum Gasteiger partial charge on any atom is 0.0965 e. The van der Waals surface area contributed by atoms with Crippen molar-refractivity contribution >= 4 is 21.9 Å². The highest BCUT2D eigenvalue weighted by molar-refractivity contribution is 6.08. The number of aromatic nitrogens is 6. The Balaban J connectivity index is 1.72. The van der Waals surface area contributed by atoms with Crippen molar-refractivity contribution in [2.75, 3.05) is 13.2 Å². The molecule has 4 aromatic heterocycles. The molecule has 8 heteroatoms. The Hall–Kier alpha value is -3.62. The van der Waals surface area contributed by atoms with E-state index in [4.69, 9.17) is 9.72 Å². The smallest absolute Gasteiger partial charge is 0.0965 e. The first-order valence-electron chi connectivity index (χ1n) is 12.8. The number of aliphatic hydroxyl groups is 1. The van der Waals surface area contributed by atoms with Crippen molar-refractivity contribution < 1.29 is 9.84 Å². The largest absolute Gasteiger partial charge is 0.386 e. The first-order chi connectivity index (χ1) is 17.8. The number of hydrogen-bond donors (Lipinski definition) is 1. The third-order valence-electron chi connectivity index (χ3n) is 7.61. The van der Waals surface area contributed by atoms with Gasteiger partial charge in [-0.25, -0.2) is 4.68 Å². The van der Waals surface area contributed by atoms with Crippen LogP contribution in [0, 0.1) is 12.8 Å². The summed E-state index contributed by atoms with van der Waals surface area (Å²) in [5, 5.41) is 20.5. The fraction of sp³-hybridized carbons (Fsp3) is 0.379. The molecule has 1 N–H and O–H groups in total. The van der Waals surface area contributed by atoms with Gasteiger partial charge in [0, 0.05) is 49.2 Å². The predicted octanol–water partition coefficient (Wildman–Crippen LogP) is 4.93. The Morgan fingerprint density at radius 1 is 1.05 bits per heavy atom. The number of benzene rings is 1. The van der Waals surface area contributed by atoms with Crippen LogP contribution in [0.15, 0.2) is 55.0 Å². The fourth-order valence-electron chi connectivity index (χ4n) is 5.90. The third-order valence-corrected chi connectivity index (χ3v) is 7.61. The Morgan fingerprint density at radius 3 is 2.49 bits per heavy atom. The van der Waals surface area contributed by atoms with Crippen molar-refractivity contribution in [3.63, 3.8) is 0 Å². The van der Waals surface area contributed by atoms with Crippen molar-refractivity contribution in [3.8, 4) is 11.3 Å². The molecule has 1 atom stereocenters. The van der Waals surface area contributed by atoms with E-state index in [0.29, 0.717) is 5.92 Å². The van der Waals surface area contributed by atoms with E-state index in [-0.39, 0.29) is 6.04 Å². The SMILES string of the molecule is Cc1nnn(C)c1-c1cnc2c3c(C(C)(C)O)cncc3n([C@H](c3ccccc3)C3CCOCC3)c2c1. The summed E-state index contributed by atoms with van der Waals surface area (Å²) in [6.07, 6.45) is 7.51. The van der Waals surface area contributed by atoms with Gasteiger partial charge in [0.05, 0.1) is 45.8 Å². The maximum absolute atomic E-state index is 11.1. The topological polar surface area (TPSA) is 90.9 Å². The average Bonchev–Trinajstić information content (AvgIpc) is 3.41. The van der Waals surface area contributed by atoms with Crippen LogP contribution in [0.5, 0.6) is 0 Å². The van der Waals surface area contributed by atoms with E-state index in [1.165, 1.54) is 5.56 Å². The normalized spacial score (nSPS) is 16.0. The number of aryl methyl sites for hydroxylation is 2. The molecule has 0 bridgehead atoms. The summed E-state index contributed by atoms with van der Waals surface area (Å²) in [6.45, 7) is 7.08. The summed E-state index contributed by atoms with van der Waals surface area (Å²) in [4.78, 5) is 9.61. The summed E-state index contributed by atoms with van der Waals surface area (Å²) in [7, 11) is 1.90. The van der Waals surface area contributed by atoms with E-state index in [1.807, 2.05) is 26.4 Å². The van der Waals surface area contributed by atoms with Crippen LogP contribution in [-0.4, -0.2) is 47.8 Å². The van der Waals surface area contributed by atoms with Crippen LogP contribution in [0.25, 0.3) is 33.2 Å². The zero-order valence-electron chi connectivity index (χ0n) is 21.7. The lowest BCUT2D eigenvalue weighted by molar-refractivity contribution is 0.0552. The lowest BCUT2D eigenvalue weighted by atomic mass is 9.86. The van der Waals surface area contributed by atoms with Crippen molar-refractivity contribution in [1.82, 2.24) is 29.5 Å². The second-order valence-electron chi connectivity index (χ2n) is 10.6. The first-order valence-corrected chi connectivity index (χ1v) is 12.8. The molecule has 0 spiro atoms. The summed E-state index contributed by atoms with van der Waals surface area (Å²) >= 11 is 0. The second kappa shape index (κ2) is 9.04. The molecule has 0 unspecified atom stereocenters. The first kappa shape index (κ1) is 23.8. The van der Waals surface area contributed by atoms with Crippen molar-refractivity contribution in [2.45, 2.75) is 45.3 Å². The van der Waals surface area contributed by atoms with Gasteiger partial charge < -0.3 is 14.4 Å². The molecule has 8 nitrogen and oxygen atoms in total. The summed E-state index contributed by atoms with van der Waals surface area (Å²) in [6, 6.07) is 12.9. The minimum Gasteiger partial charge on any atom is -0.386 e. The molecule has 190 valence electrons. The van der Waals surface area contributed by atoms with Crippen LogP contribution in [-0.2, 0) is 17.4 Å². The number of fused-ring (bicyclic) bond motifs is 3. The van der Waals surface area contributed by atoms with Crippen LogP contribution in [0.1, 0.15) is 49.6 Å². The molecule has 1 fully saturated rings. The van der Waals surface area contributed by atoms with Gasteiger partial charge in [0.1, 0.15) is 0 Å². The van der Waals surface area contributed by atoms with Crippen molar-refractivity contribution in [1.29, 1.82) is 0 Å². The lowest BCUT2D eigenvalue weighted by Gasteiger charge is -2.33. The number of rotatable bonds is 5. The van der Waals surface area contributed by atoms with E-state index in [1.54, 1.807) is 24.7 Å². The van der Waals surface area contributed by atoms with E-state index in [0.717, 1.165) is 70.5 Å². The van der Waals surface area contributed by atoms with E-state index < -0.39 is 5.60 Å². The van der Waals surface area contributed by atoms with Gasteiger partial charge >= 0.3 is 0 Å². The van der Waals surface area contributed by atoms with E-state index >= 15 is 0 Å². The van der Waals surface area contributed by atoms with Gasteiger partial charge in [0.25, 0.3) is 0 Å². The molecule has 37 heavy (non-hydrogen) atoms. The molecule has 5 heterocycles. The van der Waals surface area contributed by atoms with E-state index in [9.17, 15) is 5.11 Å². The van der Waals surface area contributed by atoms with Gasteiger partial charge in [-0.15, -0.1) is 5.10 Å². The van der Waals surface area contributed by atoms with Crippen LogP contribution in [0.3, 0.4) is 0 Å². The quantitative estimate of drug-likeness (QED) is 0.371.